The number of amides is 1. The number of aromatic nitrogens is 2. The molecule has 0 saturated heterocycles. The number of rotatable bonds is 4. The Labute approximate surface area is 158 Å². The largest absolute Gasteiger partial charge is 0.366 e. The molecule has 0 aliphatic heterocycles. The first-order chi connectivity index (χ1) is 13.1. The number of anilines is 1. The van der Waals surface area contributed by atoms with Gasteiger partial charge in [0.25, 0.3) is 0 Å². The van der Waals surface area contributed by atoms with E-state index in [1.54, 1.807) is 12.1 Å². The standard InChI is InChI=1S/C22H22N4O/c1-14-24-20(16-8-4-9-17(12-16)22(23)27)13-21(25-14)26-19-11-5-7-15-6-2-3-10-18(15)19/h2-4,6,8-10,12-13,19H,5,7,11H2,1H3,(H2,23,27)(H,24,25,26). The topological polar surface area (TPSA) is 80.9 Å². The summed E-state index contributed by atoms with van der Waals surface area (Å²) in [4.78, 5) is 20.6. The highest BCUT2D eigenvalue weighted by Gasteiger charge is 2.20. The minimum atomic E-state index is -0.445. The summed E-state index contributed by atoms with van der Waals surface area (Å²) in [5.74, 6) is 1.03. The summed E-state index contributed by atoms with van der Waals surface area (Å²) in [6.45, 7) is 1.88. The lowest BCUT2D eigenvalue weighted by Crippen LogP contribution is -2.18. The summed E-state index contributed by atoms with van der Waals surface area (Å²) < 4.78 is 0. The summed E-state index contributed by atoms with van der Waals surface area (Å²) in [5.41, 5.74) is 10.3. The number of nitrogens with zero attached hydrogens (tertiary/aromatic N) is 2. The van der Waals surface area contributed by atoms with Crippen LogP contribution >= 0.6 is 0 Å². The highest BCUT2D eigenvalue weighted by Crippen LogP contribution is 2.32. The van der Waals surface area contributed by atoms with Crippen molar-refractivity contribution >= 4 is 11.7 Å². The molecule has 136 valence electrons. The second-order valence-electron chi connectivity index (χ2n) is 6.92. The van der Waals surface area contributed by atoms with Gasteiger partial charge in [0.2, 0.25) is 5.91 Å². The predicted molar refractivity (Wildman–Crippen MR) is 106 cm³/mol. The van der Waals surface area contributed by atoms with E-state index < -0.39 is 5.91 Å². The fourth-order valence-electron chi connectivity index (χ4n) is 3.70. The molecule has 4 rings (SSSR count). The number of aryl methyl sites for hydroxylation is 2. The van der Waals surface area contributed by atoms with Gasteiger partial charge in [0.05, 0.1) is 11.7 Å². The van der Waals surface area contributed by atoms with E-state index in [4.69, 9.17) is 5.73 Å². The molecule has 3 aromatic rings. The van der Waals surface area contributed by atoms with Gasteiger partial charge in [0.1, 0.15) is 11.6 Å². The maximum atomic E-state index is 11.5. The number of nitrogens with one attached hydrogen (secondary N) is 1. The van der Waals surface area contributed by atoms with Crippen LogP contribution in [-0.2, 0) is 6.42 Å². The first-order valence-corrected chi connectivity index (χ1v) is 9.20. The molecule has 1 heterocycles. The van der Waals surface area contributed by atoms with E-state index in [1.807, 2.05) is 25.1 Å². The van der Waals surface area contributed by atoms with Gasteiger partial charge >= 0.3 is 0 Å². The van der Waals surface area contributed by atoms with Gasteiger partial charge in [-0.05, 0) is 49.4 Å². The molecule has 5 nitrogen and oxygen atoms in total. The van der Waals surface area contributed by atoms with E-state index in [9.17, 15) is 4.79 Å². The van der Waals surface area contributed by atoms with Crippen molar-refractivity contribution < 1.29 is 4.79 Å². The Morgan fingerprint density at radius 1 is 1.11 bits per heavy atom. The minimum Gasteiger partial charge on any atom is -0.366 e. The van der Waals surface area contributed by atoms with Crippen LogP contribution in [0.3, 0.4) is 0 Å². The summed E-state index contributed by atoms with van der Waals surface area (Å²) in [5, 5.41) is 3.58. The van der Waals surface area contributed by atoms with Crippen molar-refractivity contribution in [1.82, 2.24) is 9.97 Å². The molecule has 1 unspecified atom stereocenters. The molecule has 27 heavy (non-hydrogen) atoms. The monoisotopic (exact) mass is 358 g/mol. The van der Waals surface area contributed by atoms with Gasteiger partial charge in [-0.2, -0.15) is 0 Å². The van der Waals surface area contributed by atoms with E-state index in [0.717, 1.165) is 36.3 Å². The average Bonchev–Trinajstić information content (AvgIpc) is 2.68. The highest BCUT2D eigenvalue weighted by molar-refractivity contribution is 5.94. The zero-order valence-electron chi connectivity index (χ0n) is 15.3. The Kier molecular flexibility index (Phi) is 4.59. The molecule has 1 aromatic heterocycles. The molecule has 1 atom stereocenters. The molecule has 5 heteroatoms. The predicted octanol–water partition coefficient (Wildman–Crippen LogP) is 4.04. The fraction of sp³-hybridized carbons (Fsp3) is 0.227. The highest BCUT2D eigenvalue weighted by atomic mass is 16.1. The van der Waals surface area contributed by atoms with Crippen LogP contribution in [0.5, 0.6) is 0 Å². The number of hydrogen-bond donors (Lipinski definition) is 2. The van der Waals surface area contributed by atoms with Gasteiger partial charge in [-0.1, -0.05) is 36.4 Å². The lowest BCUT2D eigenvalue weighted by molar-refractivity contribution is 0.100. The van der Waals surface area contributed by atoms with Crippen LogP contribution in [0.2, 0.25) is 0 Å². The summed E-state index contributed by atoms with van der Waals surface area (Å²) in [7, 11) is 0. The van der Waals surface area contributed by atoms with Gasteiger partial charge in [0.15, 0.2) is 0 Å². The van der Waals surface area contributed by atoms with E-state index >= 15 is 0 Å². The van der Waals surface area contributed by atoms with Crippen molar-refractivity contribution in [3.05, 3.63) is 77.1 Å². The van der Waals surface area contributed by atoms with Gasteiger partial charge in [-0.25, -0.2) is 9.97 Å². The zero-order chi connectivity index (χ0) is 18.8. The van der Waals surface area contributed by atoms with Crippen LogP contribution in [0.15, 0.2) is 54.6 Å². The lowest BCUT2D eigenvalue weighted by atomic mass is 9.88. The molecular weight excluding hydrogens is 336 g/mol. The molecular formula is C22H22N4O. The van der Waals surface area contributed by atoms with E-state index in [2.05, 4.69) is 39.6 Å². The molecule has 0 bridgehead atoms. The molecule has 3 N–H and O–H groups in total. The van der Waals surface area contributed by atoms with Crippen LogP contribution < -0.4 is 11.1 Å². The van der Waals surface area contributed by atoms with Gasteiger partial charge in [-0.15, -0.1) is 0 Å². The Balaban J connectivity index is 1.66. The van der Waals surface area contributed by atoms with E-state index in [-0.39, 0.29) is 6.04 Å². The van der Waals surface area contributed by atoms with Crippen molar-refractivity contribution in [2.75, 3.05) is 5.32 Å². The van der Waals surface area contributed by atoms with Crippen molar-refractivity contribution in [2.45, 2.75) is 32.2 Å². The molecule has 0 saturated carbocycles. The first-order valence-electron chi connectivity index (χ1n) is 9.20. The van der Waals surface area contributed by atoms with Crippen molar-refractivity contribution in [3.8, 4) is 11.3 Å². The van der Waals surface area contributed by atoms with Crippen LogP contribution in [0.1, 0.15) is 46.2 Å². The van der Waals surface area contributed by atoms with Crippen molar-refractivity contribution in [3.63, 3.8) is 0 Å². The van der Waals surface area contributed by atoms with Crippen molar-refractivity contribution in [2.24, 2.45) is 5.73 Å². The SMILES string of the molecule is Cc1nc(NC2CCCc3ccccc32)cc(-c2cccc(C(N)=O)c2)n1. The molecule has 0 fully saturated rings. The number of primary amides is 1. The second kappa shape index (κ2) is 7.19. The van der Waals surface area contributed by atoms with Gasteiger partial charge in [-0.3, -0.25) is 4.79 Å². The molecule has 0 spiro atoms. The second-order valence-corrected chi connectivity index (χ2v) is 6.92. The Morgan fingerprint density at radius 3 is 2.81 bits per heavy atom. The lowest BCUT2D eigenvalue weighted by Gasteiger charge is -2.27. The average molecular weight is 358 g/mol. The quantitative estimate of drug-likeness (QED) is 0.737. The molecule has 2 aromatic carbocycles. The van der Waals surface area contributed by atoms with Crippen LogP contribution in [-0.4, -0.2) is 15.9 Å². The first kappa shape index (κ1) is 17.2. The Hall–Kier alpha value is -3.21. The summed E-state index contributed by atoms with van der Waals surface area (Å²) >= 11 is 0. The Bertz CT molecular complexity index is 999. The molecule has 0 radical (unpaired) electrons. The summed E-state index contributed by atoms with van der Waals surface area (Å²) in [6.07, 6.45) is 3.36. The molecule has 1 aliphatic carbocycles. The Morgan fingerprint density at radius 2 is 1.96 bits per heavy atom. The van der Waals surface area contributed by atoms with Crippen LogP contribution in [0, 0.1) is 6.92 Å². The number of hydrogen-bond acceptors (Lipinski definition) is 4. The third-order valence-corrected chi connectivity index (χ3v) is 4.97. The smallest absolute Gasteiger partial charge is 0.248 e. The summed E-state index contributed by atoms with van der Waals surface area (Å²) in [6, 6.07) is 18.0. The number of carbonyl (C=O) groups excluding carboxylic acids is 1. The number of carbonyl (C=O) groups is 1. The van der Waals surface area contributed by atoms with Gasteiger partial charge < -0.3 is 11.1 Å². The van der Waals surface area contributed by atoms with Crippen LogP contribution in [0.4, 0.5) is 5.82 Å². The number of benzene rings is 2. The molecule has 1 aliphatic rings. The number of nitrogens with two attached hydrogens (primary N) is 1. The van der Waals surface area contributed by atoms with Crippen molar-refractivity contribution in [1.29, 1.82) is 0 Å². The molecule has 1 amide bonds. The maximum absolute atomic E-state index is 11.5. The van der Waals surface area contributed by atoms with E-state index in [0.29, 0.717) is 11.4 Å². The third-order valence-electron chi connectivity index (χ3n) is 4.97. The zero-order valence-corrected chi connectivity index (χ0v) is 15.3. The third kappa shape index (κ3) is 3.67. The normalized spacial score (nSPS) is 15.8. The fourth-order valence-corrected chi connectivity index (χ4v) is 3.70. The minimum absolute atomic E-state index is 0.244. The number of fused-ring (bicyclic) bond motifs is 1. The maximum Gasteiger partial charge on any atom is 0.248 e. The van der Waals surface area contributed by atoms with Gasteiger partial charge in [0, 0.05) is 17.2 Å². The van der Waals surface area contributed by atoms with E-state index in [1.165, 1.54) is 11.1 Å². The van der Waals surface area contributed by atoms with Crippen LogP contribution in [0.25, 0.3) is 11.3 Å².